The van der Waals surface area contributed by atoms with Crippen molar-refractivity contribution in [2.24, 2.45) is 0 Å². The molecule has 7 nitrogen and oxygen atoms in total. The smallest absolute Gasteiger partial charge is 0.287 e. The Labute approximate surface area is 91.1 Å². The number of pyridine rings is 1. The monoisotopic (exact) mass is 228 g/mol. The molecule has 16 heavy (non-hydrogen) atoms. The van der Waals surface area contributed by atoms with Crippen LogP contribution in [0.15, 0.2) is 12.3 Å². The predicted octanol–water partition coefficient (Wildman–Crippen LogP) is -0.315. The van der Waals surface area contributed by atoms with Crippen molar-refractivity contribution in [3.05, 3.63) is 33.6 Å². The first kappa shape index (κ1) is 12.5. The lowest BCUT2D eigenvalue weighted by molar-refractivity contribution is -0.385. The predicted molar refractivity (Wildman–Crippen MR) is 53.7 cm³/mol. The van der Waals surface area contributed by atoms with Crippen LogP contribution in [0.4, 0.5) is 5.69 Å². The van der Waals surface area contributed by atoms with E-state index in [4.69, 9.17) is 5.11 Å². The Morgan fingerprint density at radius 1 is 1.56 bits per heavy atom. The van der Waals surface area contributed by atoms with Crippen molar-refractivity contribution in [2.75, 3.05) is 6.61 Å². The summed E-state index contributed by atoms with van der Waals surface area (Å²) in [5, 5.41) is 38.0. The minimum Gasteiger partial charge on any atom is -0.394 e. The van der Waals surface area contributed by atoms with E-state index >= 15 is 0 Å². The summed E-state index contributed by atoms with van der Waals surface area (Å²) in [6.45, 7) is 0.912. The van der Waals surface area contributed by atoms with Crippen molar-refractivity contribution < 1.29 is 20.2 Å². The molecule has 1 rings (SSSR count). The number of nitrogens with zero attached hydrogens (tertiary/aromatic N) is 2. The number of aliphatic hydroxyl groups excluding tert-OH is 3. The number of nitro groups is 1. The van der Waals surface area contributed by atoms with Crippen LogP contribution < -0.4 is 0 Å². The van der Waals surface area contributed by atoms with E-state index in [-0.39, 0.29) is 11.3 Å². The molecule has 0 radical (unpaired) electrons. The van der Waals surface area contributed by atoms with Crippen LogP contribution in [0, 0.1) is 17.0 Å². The molecular weight excluding hydrogens is 216 g/mol. The van der Waals surface area contributed by atoms with Crippen LogP contribution in [0.1, 0.15) is 17.4 Å². The van der Waals surface area contributed by atoms with Crippen molar-refractivity contribution >= 4 is 5.69 Å². The Balaban J connectivity index is 3.11. The van der Waals surface area contributed by atoms with E-state index < -0.39 is 23.7 Å². The minimum atomic E-state index is -1.39. The molecule has 0 saturated carbocycles. The zero-order valence-electron chi connectivity index (χ0n) is 8.57. The Bertz CT molecular complexity index is 395. The van der Waals surface area contributed by atoms with Gasteiger partial charge in [0, 0.05) is 17.3 Å². The summed E-state index contributed by atoms with van der Waals surface area (Å²) in [4.78, 5) is 13.6. The highest BCUT2D eigenvalue weighted by Crippen LogP contribution is 2.23. The third kappa shape index (κ3) is 2.51. The SMILES string of the molecule is Cc1ncc([N+](=O)[O-])cc1C(O)C(O)CO. The summed E-state index contributed by atoms with van der Waals surface area (Å²) in [7, 11) is 0. The van der Waals surface area contributed by atoms with E-state index in [1.54, 1.807) is 6.92 Å². The third-order valence-corrected chi connectivity index (χ3v) is 2.19. The van der Waals surface area contributed by atoms with Gasteiger partial charge in [-0.05, 0) is 6.92 Å². The van der Waals surface area contributed by atoms with Crippen LogP contribution in [0.2, 0.25) is 0 Å². The van der Waals surface area contributed by atoms with Crippen molar-refractivity contribution in [1.82, 2.24) is 4.98 Å². The normalized spacial score (nSPS) is 14.5. The number of aryl methyl sites for hydroxylation is 1. The highest BCUT2D eigenvalue weighted by Gasteiger charge is 2.22. The summed E-state index contributed by atoms with van der Waals surface area (Å²) >= 11 is 0. The van der Waals surface area contributed by atoms with Crippen molar-refractivity contribution in [2.45, 2.75) is 19.1 Å². The molecule has 0 spiro atoms. The summed E-state index contributed by atoms with van der Waals surface area (Å²) in [6, 6.07) is 1.13. The molecule has 0 aliphatic heterocycles. The number of rotatable bonds is 4. The van der Waals surface area contributed by atoms with Gasteiger partial charge < -0.3 is 15.3 Å². The number of hydrogen-bond acceptors (Lipinski definition) is 6. The lowest BCUT2D eigenvalue weighted by atomic mass is 10.0. The van der Waals surface area contributed by atoms with Crippen LogP contribution in [0.25, 0.3) is 0 Å². The summed E-state index contributed by atoms with van der Waals surface area (Å²) < 4.78 is 0. The fraction of sp³-hybridized carbons (Fsp3) is 0.444. The molecule has 2 unspecified atom stereocenters. The molecule has 0 aliphatic carbocycles. The van der Waals surface area contributed by atoms with Crippen LogP contribution in [-0.4, -0.2) is 37.9 Å². The van der Waals surface area contributed by atoms with E-state index in [0.717, 1.165) is 12.3 Å². The van der Waals surface area contributed by atoms with E-state index in [1.165, 1.54) is 0 Å². The molecule has 1 aromatic rings. The maximum absolute atomic E-state index is 10.5. The molecular formula is C9H12N2O5. The van der Waals surface area contributed by atoms with Gasteiger partial charge in [0.25, 0.3) is 5.69 Å². The fourth-order valence-corrected chi connectivity index (χ4v) is 1.24. The largest absolute Gasteiger partial charge is 0.394 e. The molecule has 1 aromatic heterocycles. The topological polar surface area (TPSA) is 117 Å². The molecule has 2 atom stereocenters. The molecule has 0 aromatic carbocycles. The average Bonchev–Trinajstić information content (AvgIpc) is 2.27. The van der Waals surface area contributed by atoms with Crippen molar-refractivity contribution in [3.8, 4) is 0 Å². The van der Waals surface area contributed by atoms with E-state index in [2.05, 4.69) is 4.98 Å². The second kappa shape index (κ2) is 4.97. The average molecular weight is 228 g/mol. The molecule has 1 heterocycles. The molecule has 88 valence electrons. The summed E-state index contributed by atoms with van der Waals surface area (Å²) in [6.07, 6.45) is -1.71. The van der Waals surface area contributed by atoms with Crippen LogP contribution >= 0.6 is 0 Å². The summed E-state index contributed by atoms with van der Waals surface area (Å²) in [5.74, 6) is 0. The fourth-order valence-electron chi connectivity index (χ4n) is 1.24. The van der Waals surface area contributed by atoms with Gasteiger partial charge in [0.2, 0.25) is 0 Å². The Hall–Kier alpha value is -1.57. The van der Waals surface area contributed by atoms with Crippen LogP contribution in [-0.2, 0) is 0 Å². The molecule has 0 fully saturated rings. The molecule has 0 aliphatic rings. The van der Waals surface area contributed by atoms with Gasteiger partial charge in [-0.15, -0.1) is 0 Å². The van der Waals surface area contributed by atoms with E-state index in [1.807, 2.05) is 0 Å². The maximum Gasteiger partial charge on any atom is 0.287 e. The van der Waals surface area contributed by atoms with Gasteiger partial charge in [0.15, 0.2) is 0 Å². The van der Waals surface area contributed by atoms with Gasteiger partial charge >= 0.3 is 0 Å². The first-order chi connectivity index (χ1) is 7.47. The molecule has 7 heteroatoms. The second-order valence-electron chi connectivity index (χ2n) is 3.32. The van der Waals surface area contributed by atoms with Crippen molar-refractivity contribution in [3.63, 3.8) is 0 Å². The molecule has 0 bridgehead atoms. The van der Waals surface area contributed by atoms with Gasteiger partial charge in [-0.25, -0.2) is 0 Å². The van der Waals surface area contributed by atoms with Crippen LogP contribution in [0.5, 0.6) is 0 Å². The number of hydrogen-bond donors (Lipinski definition) is 3. The van der Waals surface area contributed by atoms with Gasteiger partial charge in [0.05, 0.1) is 11.5 Å². The summed E-state index contributed by atoms with van der Waals surface area (Å²) in [5.41, 5.74) is 0.228. The second-order valence-corrected chi connectivity index (χ2v) is 3.32. The zero-order chi connectivity index (χ0) is 12.3. The van der Waals surface area contributed by atoms with E-state index in [0.29, 0.717) is 5.69 Å². The van der Waals surface area contributed by atoms with E-state index in [9.17, 15) is 20.3 Å². The molecule has 3 N–H and O–H groups in total. The van der Waals surface area contributed by atoms with Crippen molar-refractivity contribution in [1.29, 1.82) is 0 Å². The number of aromatic nitrogens is 1. The standard InChI is InChI=1S/C9H12N2O5/c1-5-7(9(14)8(13)4-12)2-6(3-10-5)11(15)16/h2-3,8-9,12-14H,4H2,1H3. The lowest BCUT2D eigenvalue weighted by Gasteiger charge is -2.16. The lowest BCUT2D eigenvalue weighted by Crippen LogP contribution is -2.23. The van der Waals surface area contributed by atoms with Crippen LogP contribution in [0.3, 0.4) is 0 Å². The zero-order valence-corrected chi connectivity index (χ0v) is 8.57. The highest BCUT2D eigenvalue weighted by atomic mass is 16.6. The highest BCUT2D eigenvalue weighted by molar-refractivity contribution is 5.35. The quantitative estimate of drug-likeness (QED) is 0.480. The Morgan fingerprint density at radius 2 is 2.19 bits per heavy atom. The van der Waals surface area contributed by atoms with Gasteiger partial charge in [-0.2, -0.15) is 0 Å². The Kier molecular flexibility index (Phi) is 3.88. The number of aliphatic hydroxyl groups is 3. The molecule has 0 amide bonds. The Morgan fingerprint density at radius 3 is 2.69 bits per heavy atom. The first-order valence-corrected chi connectivity index (χ1v) is 4.55. The third-order valence-electron chi connectivity index (χ3n) is 2.19. The van der Waals surface area contributed by atoms with Gasteiger partial charge in [-0.3, -0.25) is 15.1 Å². The maximum atomic E-state index is 10.5. The molecule has 0 saturated heterocycles. The van der Waals surface area contributed by atoms with Gasteiger partial charge in [0.1, 0.15) is 18.4 Å². The minimum absolute atomic E-state index is 0.135. The van der Waals surface area contributed by atoms with Gasteiger partial charge in [-0.1, -0.05) is 0 Å². The first-order valence-electron chi connectivity index (χ1n) is 4.55.